The summed E-state index contributed by atoms with van der Waals surface area (Å²) >= 11 is 6.04. The van der Waals surface area contributed by atoms with E-state index in [1.807, 2.05) is 30.3 Å². The third kappa shape index (κ3) is 7.87. The standard InChI is InChI=1S/C48H56FN9O5S/c1-55(32-11-15-56(16-12-32)40-7-4-6-37(44(40)61)51-38-9-10-43(60)52-46(38)62)47(64)57-17-13-33(14-18-57)63-34-20-28(19-31(49)22-34)24-48-25-29-26-58(27-30(48)21-36(29)48)41-23-39(53-54-45(41)50)35-5-2-3-8-42(35)59/h2-8,19-20,22-23,29-30,32-33,36,38,51,59,61H,9-18,21,24-27H2,1H3,(H2,50,54)(H,52,60,62)/t29-,30-,36?,38-,48?/m0/s1. The summed E-state index contributed by atoms with van der Waals surface area (Å²) in [6.07, 6.45) is 6.97. The number of nitrogens with two attached hydrogens (primary N) is 1. The van der Waals surface area contributed by atoms with Gasteiger partial charge in [0.05, 0.1) is 22.8 Å². The number of phenolic OH excluding ortho intramolecular Hbond substituents is 2. The van der Waals surface area contributed by atoms with Gasteiger partial charge < -0.3 is 45.6 Å². The first-order valence-corrected chi connectivity index (χ1v) is 23.1. The van der Waals surface area contributed by atoms with Crippen LogP contribution in [0.4, 0.5) is 27.3 Å². The summed E-state index contributed by atoms with van der Waals surface area (Å²) in [6, 6.07) is 19.5. The van der Waals surface area contributed by atoms with Gasteiger partial charge in [-0.05, 0) is 122 Å². The fourth-order valence-corrected chi connectivity index (χ4v) is 12.1. The van der Waals surface area contributed by atoms with Crippen LogP contribution in [0, 0.1) is 29.0 Å². The van der Waals surface area contributed by atoms with Gasteiger partial charge in [0, 0.05) is 83.3 Å². The molecule has 3 aromatic carbocycles. The highest BCUT2D eigenvalue weighted by atomic mass is 32.1. The number of thiocarbonyl (C=S) groups is 1. The van der Waals surface area contributed by atoms with Crippen molar-refractivity contribution in [2.45, 2.75) is 76.0 Å². The average molecular weight is 890 g/mol. The number of hydrogen-bond acceptors (Lipinski definition) is 12. The molecule has 64 heavy (non-hydrogen) atoms. The van der Waals surface area contributed by atoms with Gasteiger partial charge in [0.2, 0.25) is 11.8 Å². The number of benzene rings is 3. The van der Waals surface area contributed by atoms with E-state index in [4.69, 9.17) is 22.7 Å². The molecule has 11 rings (SSSR count). The van der Waals surface area contributed by atoms with Gasteiger partial charge in [-0.2, -0.15) is 0 Å². The van der Waals surface area contributed by atoms with Crippen molar-refractivity contribution in [3.05, 3.63) is 78.1 Å². The fraction of sp³-hybridized carbons (Fsp3) is 0.479. The molecule has 5 atom stereocenters. The van der Waals surface area contributed by atoms with Gasteiger partial charge in [-0.25, -0.2) is 4.39 Å². The lowest BCUT2D eigenvalue weighted by molar-refractivity contribution is -0.169. The topological polar surface area (TPSA) is 173 Å². The van der Waals surface area contributed by atoms with Crippen LogP contribution in [0.25, 0.3) is 11.3 Å². The Balaban J connectivity index is 0.712. The lowest BCUT2D eigenvalue weighted by Crippen LogP contribution is -2.62. The zero-order valence-corrected chi connectivity index (χ0v) is 36.9. The summed E-state index contributed by atoms with van der Waals surface area (Å²) in [5.41, 5.74) is 10.8. The molecule has 6 heterocycles. The van der Waals surface area contributed by atoms with Crippen molar-refractivity contribution in [3.63, 3.8) is 0 Å². The minimum Gasteiger partial charge on any atom is -0.507 e. The maximum Gasteiger partial charge on any atom is 0.249 e. The number of amides is 2. The molecule has 7 fully saturated rings. The van der Waals surface area contributed by atoms with Gasteiger partial charge in [0.25, 0.3) is 0 Å². The van der Waals surface area contributed by atoms with Crippen LogP contribution in [-0.4, -0.2) is 112 Å². The smallest absolute Gasteiger partial charge is 0.249 e. The summed E-state index contributed by atoms with van der Waals surface area (Å²) in [5.74, 6) is 1.87. The molecule has 5 saturated heterocycles. The summed E-state index contributed by atoms with van der Waals surface area (Å²) in [4.78, 5) is 32.9. The van der Waals surface area contributed by atoms with Crippen LogP contribution in [0.15, 0.2) is 66.7 Å². The summed E-state index contributed by atoms with van der Waals surface area (Å²) in [5, 5.41) is 36.6. The van der Waals surface area contributed by atoms with Crippen LogP contribution in [0.3, 0.4) is 0 Å². The molecule has 14 nitrogen and oxygen atoms in total. The number of phenols is 2. The molecule has 5 aliphatic heterocycles. The van der Waals surface area contributed by atoms with Crippen LogP contribution < -0.4 is 30.9 Å². The summed E-state index contributed by atoms with van der Waals surface area (Å²) < 4.78 is 21.8. The van der Waals surface area contributed by atoms with Crippen molar-refractivity contribution in [1.29, 1.82) is 0 Å². The fourth-order valence-electron chi connectivity index (χ4n) is 11.8. The molecule has 0 radical (unpaired) electrons. The molecule has 2 unspecified atom stereocenters. The molecule has 336 valence electrons. The quantitative estimate of drug-likeness (QED) is 0.0721. The van der Waals surface area contributed by atoms with Gasteiger partial charge in [-0.1, -0.05) is 18.2 Å². The lowest BCUT2D eigenvalue weighted by Gasteiger charge is -2.66. The first-order valence-electron chi connectivity index (χ1n) is 22.7. The van der Waals surface area contributed by atoms with E-state index in [1.165, 1.54) is 6.07 Å². The number of rotatable bonds is 10. The minimum absolute atomic E-state index is 0.0385. The molecule has 4 aromatic rings. The van der Waals surface area contributed by atoms with Crippen LogP contribution in [-0.2, 0) is 16.0 Å². The molecular weight excluding hydrogens is 834 g/mol. The number of aromatic nitrogens is 2. The van der Waals surface area contributed by atoms with E-state index >= 15 is 4.39 Å². The number of nitrogens with one attached hydrogen (secondary N) is 2. The Hall–Kier alpha value is -5.90. The van der Waals surface area contributed by atoms with E-state index < -0.39 is 6.04 Å². The minimum atomic E-state index is -0.579. The third-order valence-corrected chi connectivity index (χ3v) is 15.8. The van der Waals surface area contributed by atoms with Gasteiger partial charge in [0.1, 0.15) is 29.5 Å². The third-order valence-electron chi connectivity index (χ3n) is 15.2. The first-order chi connectivity index (χ1) is 30.9. The zero-order valence-electron chi connectivity index (χ0n) is 36.1. The Bertz CT molecular complexity index is 2460. The zero-order chi connectivity index (χ0) is 44.3. The molecule has 2 amide bonds. The molecule has 1 aromatic heterocycles. The molecule has 2 aliphatic carbocycles. The number of imide groups is 1. The second-order valence-corrected chi connectivity index (χ2v) is 19.2. The van der Waals surface area contributed by atoms with E-state index in [9.17, 15) is 19.8 Å². The van der Waals surface area contributed by atoms with Crippen molar-refractivity contribution in [2.75, 3.05) is 67.2 Å². The highest BCUT2D eigenvalue weighted by Gasteiger charge is 2.67. The maximum atomic E-state index is 15.3. The number of halogens is 1. The van der Waals surface area contributed by atoms with Crippen LogP contribution in [0.1, 0.15) is 56.9 Å². The molecule has 4 bridgehead atoms. The average Bonchev–Trinajstić information content (AvgIpc) is 3.62. The van der Waals surface area contributed by atoms with Crippen molar-refractivity contribution in [3.8, 4) is 28.5 Å². The Labute approximate surface area is 377 Å². The van der Waals surface area contributed by atoms with E-state index in [1.54, 1.807) is 24.3 Å². The van der Waals surface area contributed by atoms with Crippen molar-refractivity contribution in [2.24, 2.45) is 23.2 Å². The van der Waals surface area contributed by atoms with Crippen LogP contribution >= 0.6 is 12.2 Å². The predicted molar refractivity (Wildman–Crippen MR) is 247 cm³/mol. The van der Waals surface area contributed by atoms with Gasteiger partial charge >= 0.3 is 0 Å². The van der Waals surface area contributed by atoms with Crippen molar-refractivity contribution in [1.82, 2.24) is 25.3 Å². The van der Waals surface area contributed by atoms with E-state index in [0.717, 1.165) is 101 Å². The molecule has 0 spiro atoms. The summed E-state index contributed by atoms with van der Waals surface area (Å²) in [7, 11) is 2.07. The molecule has 2 saturated carbocycles. The molecular formula is C48H56FN9O5S. The highest BCUT2D eigenvalue weighted by Crippen LogP contribution is 2.71. The normalized spacial score (nSPS) is 25.8. The van der Waals surface area contributed by atoms with Gasteiger partial charge in [-0.15, -0.1) is 10.2 Å². The number of nitrogens with zero attached hydrogens (tertiary/aromatic N) is 6. The van der Waals surface area contributed by atoms with Crippen molar-refractivity contribution < 1.29 is 28.9 Å². The lowest BCUT2D eigenvalue weighted by atomic mass is 9.37. The number of fused-ring (bicyclic) bond motifs is 2. The predicted octanol–water partition coefficient (Wildman–Crippen LogP) is 5.93. The number of anilines is 4. The number of nitrogen functional groups attached to an aromatic ring is 1. The van der Waals surface area contributed by atoms with E-state index in [0.29, 0.717) is 58.4 Å². The number of hydrogen-bond donors (Lipinski definition) is 5. The van der Waals surface area contributed by atoms with E-state index in [2.05, 4.69) is 53.5 Å². The number of para-hydroxylation sites is 2. The molecule has 7 aliphatic rings. The molecule has 16 heteroatoms. The largest absolute Gasteiger partial charge is 0.507 e. The van der Waals surface area contributed by atoms with E-state index in [-0.39, 0.29) is 53.1 Å². The highest BCUT2D eigenvalue weighted by molar-refractivity contribution is 7.80. The first kappa shape index (κ1) is 42.1. The second kappa shape index (κ2) is 16.9. The number of aromatic hydroxyl groups is 2. The number of ether oxygens (including phenoxy) is 1. The van der Waals surface area contributed by atoms with Crippen LogP contribution in [0.2, 0.25) is 0 Å². The number of likely N-dealkylation sites (tertiary alicyclic amines) is 1. The second-order valence-electron chi connectivity index (χ2n) is 18.9. The van der Waals surface area contributed by atoms with Gasteiger partial charge in [0.15, 0.2) is 16.7 Å². The van der Waals surface area contributed by atoms with Crippen LogP contribution in [0.5, 0.6) is 17.2 Å². The maximum absolute atomic E-state index is 15.3. The number of carbonyl (C=O) groups is 2. The number of carbonyl (C=O) groups excluding carboxylic acids is 2. The Morgan fingerprint density at radius 2 is 1.77 bits per heavy atom. The molecule has 6 N–H and O–H groups in total. The Kier molecular flexibility index (Phi) is 11.1. The van der Waals surface area contributed by atoms with Gasteiger partial charge in [-0.3, -0.25) is 14.9 Å². The monoisotopic (exact) mass is 889 g/mol. The summed E-state index contributed by atoms with van der Waals surface area (Å²) in [6.45, 7) is 4.73. The SMILES string of the molecule is CN(C(=S)N1CCC(Oc2cc(F)cc(CC34C[C@H]5CN(c6cc(-c7ccccc7O)nnc6N)C[C@@H]3CC54)c2)CC1)C1CCN(c2cccc(N[C@H]3CCC(=O)NC3=O)c2O)CC1. The Morgan fingerprint density at radius 3 is 2.53 bits per heavy atom. The number of piperidine rings is 3. The Morgan fingerprint density at radius 1 is 0.969 bits per heavy atom. The van der Waals surface area contributed by atoms with Crippen molar-refractivity contribution >= 4 is 52.0 Å².